The Labute approximate surface area is 116 Å². The summed E-state index contributed by atoms with van der Waals surface area (Å²) >= 11 is 0. The topological polar surface area (TPSA) is 25.8 Å². The molecular weight excluding hydrogens is 232 g/mol. The average molecular weight is 256 g/mol. The largest absolute Gasteiger partial charge is 0.261 e. The van der Waals surface area contributed by atoms with Gasteiger partial charge in [0.15, 0.2) is 0 Å². The maximum Gasteiger partial charge on any atom is 0.0514 e. The number of pyridine rings is 2. The van der Waals surface area contributed by atoms with Gasteiger partial charge < -0.3 is 0 Å². The van der Waals surface area contributed by atoms with Crippen molar-refractivity contribution in [2.75, 3.05) is 0 Å². The first-order chi connectivity index (χ1) is 8.84. The molecule has 0 bridgehead atoms. The van der Waals surface area contributed by atoms with Gasteiger partial charge in [0.2, 0.25) is 0 Å². The highest BCUT2D eigenvalue weighted by Gasteiger charge is 2.18. The fourth-order valence-electron chi connectivity index (χ4n) is 2.71. The molecule has 0 aliphatic heterocycles. The first-order valence-corrected chi connectivity index (χ1v) is 7.10. The molecule has 2 aromatic rings. The summed E-state index contributed by atoms with van der Waals surface area (Å²) in [6.45, 7) is 15.3. The normalized spacial score (nSPS) is 11.8. The lowest BCUT2D eigenvalue weighted by Crippen LogP contribution is -2.05. The third-order valence-corrected chi connectivity index (χ3v) is 3.93. The fraction of sp³-hybridized carbons (Fsp3) is 0.529. The molecule has 0 atom stereocenters. The number of hydrogen-bond acceptors (Lipinski definition) is 2. The van der Waals surface area contributed by atoms with Gasteiger partial charge in [0.25, 0.3) is 0 Å². The summed E-state index contributed by atoms with van der Waals surface area (Å²) in [6.07, 6.45) is 2.03. The van der Waals surface area contributed by atoms with E-state index in [1.54, 1.807) is 0 Å². The molecule has 2 heterocycles. The molecule has 2 rings (SSSR count). The summed E-state index contributed by atoms with van der Waals surface area (Å²) < 4.78 is 0. The Bertz CT molecular complexity index is 625. The van der Waals surface area contributed by atoms with Crippen LogP contribution in [0.15, 0.2) is 6.20 Å². The lowest BCUT2D eigenvalue weighted by atomic mass is 9.90. The minimum Gasteiger partial charge on any atom is -0.261 e. The molecular formula is C17H24N2. The molecule has 0 aromatic carbocycles. The molecule has 0 radical (unpaired) electrons. The molecule has 2 nitrogen and oxygen atoms in total. The summed E-state index contributed by atoms with van der Waals surface area (Å²) in [5.41, 5.74) is 6.05. The van der Waals surface area contributed by atoms with E-state index in [1.165, 1.54) is 27.6 Å². The van der Waals surface area contributed by atoms with Gasteiger partial charge in [-0.25, -0.2) is 0 Å². The zero-order valence-electron chi connectivity index (χ0n) is 13.1. The first kappa shape index (κ1) is 14.0. The van der Waals surface area contributed by atoms with Crippen molar-refractivity contribution in [3.8, 4) is 0 Å². The second kappa shape index (κ2) is 4.92. The van der Waals surface area contributed by atoms with Crippen LogP contribution in [0.3, 0.4) is 0 Å². The van der Waals surface area contributed by atoms with Crippen molar-refractivity contribution in [1.82, 2.24) is 9.97 Å². The Morgan fingerprint density at radius 2 is 1.47 bits per heavy atom. The van der Waals surface area contributed by atoms with E-state index in [1.807, 2.05) is 6.20 Å². The molecule has 0 saturated carbocycles. The van der Waals surface area contributed by atoms with Crippen LogP contribution in [0.5, 0.6) is 0 Å². The highest BCUT2D eigenvalue weighted by Crippen LogP contribution is 2.34. The van der Waals surface area contributed by atoms with Crippen LogP contribution < -0.4 is 0 Å². The zero-order chi connectivity index (χ0) is 14.3. The third kappa shape index (κ3) is 2.24. The molecule has 19 heavy (non-hydrogen) atoms. The van der Waals surface area contributed by atoms with Gasteiger partial charge in [-0.2, -0.15) is 0 Å². The summed E-state index contributed by atoms with van der Waals surface area (Å²) in [6, 6.07) is 0. The van der Waals surface area contributed by atoms with Crippen LogP contribution in [-0.2, 0) is 0 Å². The van der Waals surface area contributed by atoms with E-state index < -0.39 is 0 Å². The van der Waals surface area contributed by atoms with Crippen LogP contribution >= 0.6 is 0 Å². The standard InChI is InChI=1S/C17H24N2/c1-9(2)14-8-18-13(7)15-11(5)12(6)19-17(10(3)4)16(14)15/h8-10H,1-7H3. The molecule has 0 N–H and O–H groups in total. The number of nitrogens with zero attached hydrogens (tertiary/aromatic N) is 2. The van der Waals surface area contributed by atoms with Crippen LogP contribution in [0.4, 0.5) is 0 Å². The van der Waals surface area contributed by atoms with Crippen molar-refractivity contribution in [2.24, 2.45) is 0 Å². The van der Waals surface area contributed by atoms with Crippen molar-refractivity contribution in [3.05, 3.63) is 34.4 Å². The number of hydrogen-bond donors (Lipinski definition) is 0. The summed E-state index contributed by atoms with van der Waals surface area (Å²) in [7, 11) is 0. The number of fused-ring (bicyclic) bond motifs is 1. The highest BCUT2D eigenvalue weighted by atomic mass is 14.7. The monoisotopic (exact) mass is 256 g/mol. The van der Waals surface area contributed by atoms with Crippen molar-refractivity contribution in [2.45, 2.75) is 60.3 Å². The molecule has 0 spiro atoms. The van der Waals surface area contributed by atoms with Crippen LogP contribution in [0.25, 0.3) is 10.8 Å². The Morgan fingerprint density at radius 3 is 2.00 bits per heavy atom. The molecule has 2 aromatic heterocycles. The Kier molecular flexibility index (Phi) is 3.62. The van der Waals surface area contributed by atoms with E-state index in [-0.39, 0.29) is 0 Å². The fourth-order valence-corrected chi connectivity index (χ4v) is 2.71. The maximum absolute atomic E-state index is 4.86. The van der Waals surface area contributed by atoms with Crippen LogP contribution in [0, 0.1) is 20.8 Å². The van der Waals surface area contributed by atoms with Gasteiger partial charge in [0, 0.05) is 28.4 Å². The van der Waals surface area contributed by atoms with Gasteiger partial charge in [0.05, 0.1) is 5.69 Å². The first-order valence-electron chi connectivity index (χ1n) is 7.10. The average Bonchev–Trinajstić information content (AvgIpc) is 2.32. The smallest absolute Gasteiger partial charge is 0.0514 e. The van der Waals surface area contributed by atoms with E-state index in [0.29, 0.717) is 11.8 Å². The molecule has 0 aliphatic rings. The van der Waals surface area contributed by atoms with Crippen molar-refractivity contribution in [3.63, 3.8) is 0 Å². The molecule has 2 heteroatoms. The van der Waals surface area contributed by atoms with Crippen molar-refractivity contribution >= 4 is 10.8 Å². The zero-order valence-corrected chi connectivity index (χ0v) is 13.1. The predicted molar refractivity (Wildman–Crippen MR) is 81.9 cm³/mol. The van der Waals surface area contributed by atoms with Gasteiger partial charge in [-0.1, -0.05) is 27.7 Å². The highest BCUT2D eigenvalue weighted by molar-refractivity contribution is 5.93. The molecule has 102 valence electrons. The SMILES string of the molecule is Cc1nc(C(C)C)c2c(C(C)C)cnc(C)c2c1C. The van der Waals surface area contributed by atoms with Gasteiger partial charge >= 0.3 is 0 Å². The number of aryl methyl sites for hydroxylation is 3. The molecule has 0 amide bonds. The van der Waals surface area contributed by atoms with E-state index in [9.17, 15) is 0 Å². The Morgan fingerprint density at radius 1 is 0.842 bits per heavy atom. The number of aromatic nitrogens is 2. The minimum absolute atomic E-state index is 0.432. The minimum atomic E-state index is 0.432. The lowest BCUT2D eigenvalue weighted by molar-refractivity contribution is 0.812. The van der Waals surface area contributed by atoms with Gasteiger partial charge in [0.1, 0.15) is 0 Å². The van der Waals surface area contributed by atoms with Gasteiger partial charge in [-0.15, -0.1) is 0 Å². The van der Waals surface area contributed by atoms with Crippen molar-refractivity contribution in [1.29, 1.82) is 0 Å². The number of rotatable bonds is 2. The van der Waals surface area contributed by atoms with E-state index in [2.05, 4.69) is 53.5 Å². The van der Waals surface area contributed by atoms with E-state index in [0.717, 1.165) is 11.4 Å². The van der Waals surface area contributed by atoms with Gasteiger partial charge in [-0.05, 0) is 43.7 Å². The lowest BCUT2D eigenvalue weighted by Gasteiger charge is -2.19. The van der Waals surface area contributed by atoms with Crippen LogP contribution in [-0.4, -0.2) is 9.97 Å². The Balaban J connectivity index is 3.03. The summed E-state index contributed by atoms with van der Waals surface area (Å²) in [5.74, 6) is 0.901. The second-order valence-electron chi connectivity index (χ2n) is 6.07. The third-order valence-electron chi connectivity index (χ3n) is 3.93. The maximum atomic E-state index is 4.86. The molecule has 0 aliphatic carbocycles. The van der Waals surface area contributed by atoms with Crippen molar-refractivity contribution < 1.29 is 0 Å². The summed E-state index contributed by atoms with van der Waals surface area (Å²) in [5, 5.41) is 2.64. The molecule has 0 fully saturated rings. The second-order valence-corrected chi connectivity index (χ2v) is 6.07. The molecule has 0 unspecified atom stereocenters. The Hall–Kier alpha value is -1.44. The van der Waals surface area contributed by atoms with Crippen LogP contribution in [0.2, 0.25) is 0 Å². The quantitative estimate of drug-likeness (QED) is 0.771. The predicted octanol–water partition coefficient (Wildman–Crippen LogP) is 4.80. The van der Waals surface area contributed by atoms with E-state index >= 15 is 0 Å². The van der Waals surface area contributed by atoms with Crippen LogP contribution in [0.1, 0.15) is 67.7 Å². The van der Waals surface area contributed by atoms with Gasteiger partial charge in [-0.3, -0.25) is 9.97 Å². The summed E-state index contributed by atoms with van der Waals surface area (Å²) in [4.78, 5) is 9.46. The molecule has 0 saturated heterocycles. The van der Waals surface area contributed by atoms with E-state index in [4.69, 9.17) is 4.98 Å².